The topological polar surface area (TPSA) is 124 Å². The van der Waals surface area contributed by atoms with Crippen molar-refractivity contribution in [3.05, 3.63) is 10.6 Å². The molecule has 0 unspecified atom stereocenters. The highest BCUT2D eigenvalue weighted by atomic mass is 32.2. The quantitative estimate of drug-likeness (QED) is 0.428. The molecule has 0 aromatic rings. The summed E-state index contributed by atoms with van der Waals surface area (Å²) in [5, 5.41) is 21.6. The fourth-order valence-corrected chi connectivity index (χ4v) is 6.40. The number of primary amides is 1. The van der Waals surface area contributed by atoms with Crippen LogP contribution in [0, 0.1) is 11.8 Å². The molecule has 3 rings (SSSR count). The van der Waals surface area contributed by atoms with Gasteiger partial charge in [-0.05, 0) is 6.92 Å². The zero-order valence-electron chi connectivity index (χ0n) is 15.3. The summed E-state index contributed by atoms with van der Waals surface area (Å²) >= 11 is 1.41. The molecule has 8 nitrogen and oxygen atoms in total. The number of nitrogens with two attached hydrogens (primary N) is 1. The molecule has 0 spiro atoms. The number of carboxylic acids is 1. The van der Waals surface area contributed by atoms with E-state index in [4.69, 9.17) is 5.73 Å². The number of amides is 2. The minimum atomic E-state index is -1.38. The monoisotopic (exact) mass is 383 g/mol. The molecule has 6 atom stereocenters. The number of carbonyl (C=O) groups is 3. The van der Waals surface area contributed by atoms with Gasteiger partial charge in [-0.1, -0.05) is 6.92 Å². The van der Waals surface area contributed by atoms with Gasteiger partial charge in [-0.25, -0.2) is 0 Å². The van der Waals surface area contributed by atoms with Crippen LogP contribution in [0.5, 0.6) is 0 Å². The van der Waals surface area contributed by atoms with Crippen LogP contribution < -0.4 is 10.8 Å². The number of β-lactam (4-membered cyclic amide) rings is 1. The zero-order chi connectivity index (χ0) is 19.5. The molecule has 3 aliphatic heterocycles. The Morgan fingerprint density at radius 3 is 2.50 bits per heavy atom. The van der Waals surface area contributed by atoms with Gasteiger partial charge in [0, 0.05) is 17.2 Å². The third-order valence-electron chi connectivity index (χ3n) is 5.93. The van der Waals surface area contributed by atoms with Gasteiger partial charge in [0.15, 0.2) is 6.04 Å². The Hall–Kier alpha value is -1.58. The summed E-state index contributed by atoms with van der Waals surface area (Å²) in [6, 6.07) is -0.672. The number of aliphatic hydroxyl groups is 1. The van der Waals surface area contributed by atoms with Crippen molar-refractivity contribution in [2.45, 2.75) is 43.7 Å². The Morgan fingerprint density at radius 1 is 1.42 bits per heavy atom. The molecule has 26 heavy (non-hydrogen) atoms. The van der Waals surface area contributed by atoms with Crippen molar-refractivity contribution in [1.82, 2.24) is 4.90 Å². The summed E-state index contributed by atoms with van der Waals surface area (Å²) < 4.78 is 0.456. The van der Waals surface area contributed by atoms with Gasteiger partial charge in [0.1, 0.15) is 0 Å². The van der Waals surface area contributed by atoms with Gasteiger partial charge in [0.2, 0.25) is 5.91 Å². The number of carbonyl (C=O) groups excluding carboxylic acids is 3. The first kappa shape index (κ1) is 19.2. The molecule has 2 amide bonds. The first-order valence-electron chi connectivity index (χ1n) is 8.72. The predicted molar refractivity (Wildman–Crippen MR) is 93.0 cm³/mol. The Labute approximate surface area is 156 Å². The maximum absolute atomic E-state index is 12.3. The summed E-state index contributed by atoms with van der Waals surface area (Å²) in [6.07, 6.45) is -0.276. The van der Waals surface area contributed by atoms with E-state index in [0.717, 1.165) is 0 Å². The Bertz CT molecular complexity index is 705. The highest BCUT2D eigenvalue weighted by Crippen LogP contribution is 2.52. The molecule has 0 radical (unpaired) electrons. The Kier molecular flexibility index (Phi) is 4.61. The molecule has 9 heteroatoms. The number of carboxylic acid groups (broad SMARTS) is 1. The molecule has 0 saturated carbocycles. The highest BCUT2D eigenvalue weighted by molar-refractivity contribution is 8.03. The Morgan fingerprint density at radius 2 is 2.04 bits per heavy atom. The average Bonchev–Trinajstić information content (AvgIpc) is 2.92. The lowest BCUT2D eigenvalue weighted by atomic mass is 9.79. The second kappa shape index (κ2) is 6.24. The van der Waals surface area contributed by atoms with Crippen LogP contribution in [0.2, 0.25) is 0 Å². The molecule has 0 aromatic carbocycles. The smallest absolute Gasteiger partial charge is 0.275 e. The number of nitrogens with zero attached hydrogens (tertiary/aromatic N) is 2. The van der Waals surface area contributed by atoms with E-state index in [1.54, 1.807) is 6.92 Å². The summed E-state index contributed by atoms with van der Waals surface area (Å²) in [7, 11) is 3.87. The summed E-state index contributed by atoms with van der Waals surface area (Å²) in [6.45, 7) is 4.09. The lowest BCUT2D eigenvalue weighted by molar-refractivity contribution is -0.892. The first-order valence-corrected chi connectivity index (χ1v) is 9.60. The van der Waals surface area contributed by atoms with Gasteiger partial charge in [-0.15, -0.1) is 11.8 Å². The van der Waals surface area contributed by atoms with Gasteiger partial charge in [0.25, 0.3) is 5.91 Å². The van der Waals surface area contributed by atoms with E-state index < -0.39 is 18.0 Å². The minimum Gasteiger partial charge on any atom is -0.543 e. The lowest BCUT2D eigenvalue weighted by Crippen LogP contribution is -2.64. The number of rotatable bonds is 5. The number of hydrogen-bond donors (Lipinski definition) is 2. The van der Waals surface area contributed by atoms with Gasteiger partial charge in [0.05, 0.1) is 55.6 Å². The molecule has 0 aliphatic carbocycles. The summed E-state index contributed by atoms with van der Waals surface area (Å²) in [5.41, 5.74) is 5.43. The van der Waals surface area contributed by atoms with Crippen molar-refractivity contribution in [2.75, 3.05) is 20.6 Å². The van der Waals surface area contributed by atoms with E-state index >= 15 is 0 Å². The number of aliphatic carboxylic acids is 1. The van der Waals surface area contributed by atoms with Crippen LogP contribution in [-0.4, -0.2) is 76.4 Å². The summed E-state index contributed by atoms with van der Waals surface area (Å²) in [4.78, 5) is 37.6. The number of fused-ring (bicyclic) bond motifs is 1. The van der Waals surface area contributed by atoms with E-state index in [2.05, 4.69) is 0 Å². The van der Waals surface area contributed by atoms with Crippen LogP contribution in [0.15, 0.2) is 10.6 Å². The van der Waals surface area contributed by atoms with Crippen LogP contribution in [-0.2, 0) is 14.4 Å². The molecule has 0 aromatic heterocycles. The molecule has 2 fully saturated rings. The van der Waals surface area contributed by atoms with E-state index in [0.29, 0.717) is 22.4 Å². The molecule has 3 aliphatic rings. The normalized spacial score (nSPS) is 36.7. The molecule has 3 N–H and O–H groups in total. The fraction of sp³-hybridized carbons (Fsp3) is 0.706. The third kappa shape index (κ3) is 2.73. The van der Waals surface area contributed by atoms with Crippen LogP contribution in [0.3, 0.4) is 0 Å². The molecule has 2 saturated heterocycles. The van der Waals surface area contributed by atoms with Crippen molar-refractivity contribution >= 4 is 29.5 Å². The van der Waals surface area contributed by atoms with Gasteiger partial charge < -0.3 is 30.1 Å². The van der Waals surface area contributed by atoms with Crippen molar-refractivity contribution in [3.63, 3.8) is 0 Å². The van der Waals surface area contributed by atoms with E-state index in [1.165, 1.54) is 16.7 Å². The zero-order valence-corrected chi connectivity index (χ0v) is 16.2. The van der Waals surface area contributed by atoms with Crippen molar-refractivity contribution in [1.29, 1.82) is 0 Å². The van der Waals surface area contributed by atoms with Crippen molar-refractivity contribution in [2.24, 2.45) is 17.6 Å². The van der Waals surface area contributed by atoms with E-state index in [-0.39, 0.29) is 40.8 Å². The molecular formula is C17H25N3O5S. The molecular weight excluding hydrogens is 358 g/mol. The number of likely N-dealkylation sites (N-methyl/N-ethyl adjacent to an activating group) is 1. The SMILES string of the molecule is C[C@@H](O)[C@H]1C(=O)N2C(C(=O)[O-])=C(S[C@H]3C[C@H](C(N)=O)[N+](C)(C)C3)[C@H](C)[C@H]12. The lowest BCUT2D eigenvalue weighted by Gasteiger charge is -2.47. The van der Waals surface area contributed by atoms with Gasteiger partial charge in [-0.3, -0.25) is 9.59 Å². The number of aliphatic hydroxyl groups excluding tert-OH is 1. The number of likely N-dealkylation sites (tertiary alicyclic amines) is 1. The van der Waals surface area contributed by atoms with E-state index in [1.807, 2.05) is 21.0 Å². The van der Waals surface area contributed by atoms with Crippen molar-refractivity contribution < 1.29 is 29.1 Å². The van der Waals surface area contributed by atoms with Crippen molar-refractivity contribution in [3.8, 4) is 0 Å². The van der Waals surface area contributed by atoms with Crippen LogP contribution in [0.4, 0.5) is 0 Å². The van der Waals surface area contributed by atoms with Crippen LogP contribution >= 0.6 is 11.8 Å². The largest absolute Gasteiger partial charge is 0.543 e. The maximum Gasteiger partial charge on any atom is 0.275 e. The van der Waals surface area contributed by atoms with Gasteiger partial charge >= 0.3 is 0 Å². The average molecular weight is 383 g/mol. The highest BCUT2D eigenvalue weighted by Gasteiger charge is 2.59. The standard InChI is InChI=1S/C17H25N3O5S/c1-7-12-11(8(2)21)16(23)19(12)13(17(24)25)14(7)26-9-5-10(15(18)22)20(3,4)6-9/h7-12,21H,5-6H2,1-4H3,(H2-,18,22,24,25)/t7-,8-,9+,10-,11-,12-/m1/s1. The molecule has 144 valence electrons. The molecule has 3 heterocycles. The molecule has 0 bridgehead atoms. The number of thioether (sulfide) groups is 1. The Balaban J connectivity index is 1.87. The van der Waals surface area contributed by atoms with E-state index in [9.17, 15) is 24.6 Å². The minimum absolute atomic E-state index is 0.0214. The third-order valence-corrected chi connectivity index (χ3v) is 7.42. The van der Waals surface area contributed by atoms with Gasteiger partial charge in [-0.2, -0.15) is 0 Å². The van der Waals surface area contributed by atoms with Crippen LogP contribution in [0.1, 0.15) is 20.3 Å². The number of quaternary nitrogens is 1. The first-order chi connectivity index (χ1) is 12.0. The second-order valence-corrected chi connectivity index (χ2v) is 9.45. The number of hydrogen-bond acceptors (Lipinski definition) is 6. The van der Waals surface area contributed by atoms with Crippen LogP contribution in [0.25, 0.3) is 0 Å². The predicted octanol–water partition coefficient (Wildman–Crippen LogP) is -1.76. The maximum atomic E-state index is 12.3. The fourth-order valence-electron chi connectivity index (χ4n) is 4.66. The second-order valence-electron chi connectivity index (χ2n) is 8.11. The summed E-state index contributed by atoms with van der Waals surface area (Å²) in [5.74, 6) is -2.90.